The van der Waals surface area contributed by atoms with Crippen LogP contribution >= 0.6 is 11.6 Å². The molecule has 0 spiro atoms. The zero-order chi connectivity index (χ0) is 20.9. The van der Waals surface area contributed by atoms with Crippen LogP contribution in [0, 0.1) is 5.92 Å². The van der Waals surface area contributed by atoms with Crippen molar-refractivity contribution in [3.63, 3.8) is 0 Å². The maximum atomic E-state index is 10.5. The number of nitrogens with one attached hydrogen (secondary N) is 1. The summed E-state index contributed by atoms with van der Waals surface area (Å²) in [5.41, 5.74) is 8.44. The quantitative estimate of drug-likeness (QED) is 0.233. The van der Waals surface area contributed by atoms with Crippen molar-refractivity contribution in [3.05, 3.63) is 59.1 Å². The van der Waals surface area contributed by atoms with Crippen LogP contribution in [-0.4, -0.2) is 34.0 Å². The molecule has 0 aromatic heterocycles. The van der Waals surface area contributed by atoms with Gasteiger partial charge in [0, 0.05) is 23.5 Å². The van der Waals surface area contributed by atoms with Crippen LogP contribution < -0.4 is 11.1 Å². The number of benzene rings is 2. The van der Waals surface area contributed by atoms with Gasteiger partial charge in [0.25, 0.3) is 0 Å². The van der Waals surface area contributed by atoms with E-state index in [9.17, 15) is 5.11 Å². The van der Waals surface area contributed by atoms with Crippen molar-refractivity contribution in [2.24, 2.45) is 11.7 Å². The van der Waals surface area contributed by atoms with Crippen LogP contribution in [0.5, 0.6) is 0 Å². The molecule has 0 amide bonds. The number of nitrogens with two attached hydrogens (primary N) is 1. The Morgan fingerprint density at radius 2 is 1.59 bits per heavy atom. The minimum absolute atomic E-state index is 0.0892. The fraction of sp³-hybridized carbons (Fsp3) is 0.455. The number of unbranched alkanes of at least 4 members (excludes halogenated alkanes) is 1. The molecule has 0 aliphatic heterocycles. The molecule has 1 unspecified atom stereocenters. The lowest BCUT2D eigenvalue weighted by Crippen LogP contribution is -2.56. The molecular formula is C22H30BClN2O3. The highest BCUT2D eigenvalue weighted by molar-refractivity contribution is 6.40. The van der Waals surface area contributed by atoms with Gasteiger partial charge in [-0.25, -0.2) is 0 Å². The summed E-state index contributed by atoms with van der Waals surface area (Å²) in [7, 11) is -1.28. The molecule has 1 fully saturated rings. The Hall–Kier alpha value is -1.41. The van der Waals surface area contributed by atoms with Gasteiger partial charge in [-0.15, -0.1) is 0 Å². The van der Waals surface area contributed by atoms with Gasteiger partial charge in [-0.3, -0.25) is 0 Å². The molecule has 1 aliphatic carbocycles. The van der Waals surface area contributed by atoms with E-state index in [2.05, 4.69) is 29.6 Å². The molecule has 6 N–H and O–H groups in total. The Bertz CT molecular complexity index is 763. The maximum absolute atomic E-state index is 10.5. The molecule has 5 nitrogen and oxygen atoms in total. The second-order valence-electron chi connectivity index (χ2n) is 8.17. The largest absolute Gasteiger partial charge is 0.451 e. The van der Waals surface area contributed by atoms with Crippen molar-refractivity contribution in [1.82, 2.24) is 5.32 Å². The normalized spacial score (nSPS) is 20.7. The first kappa shape index (κ1) is 22.3. The molecule has 1 atom stereocenters. The van der Waals surface area contributed by atoms with Crippen molar-refractivity contribution in [2.75, 3.05) is 0 Å². The number of hydrogen-bond acceptors (Lipinski definition) is 5. The highest BCUT2D eigenvalue weighted by Gasteiger charge is 2.41. The molecule has 7 heteroatoms. The standard InChI is InChI=1S/C22H30BClN2O3/c24-20-9-7-18(8-10-20)17-5-3-16(4-6-17)15-26-21-13-19(14-21)22(25,27)11-1-2-12-23(28)29/h3-10,19,21,26-29H,1-2,11-15,25H2. The van der Waals surface area contributed by atoms with Gasteiger partial charge < -0.3 is 26.2 Å². The van der Waals surface area contributed by atoms with E-state index >= 15 is 0 Å². The third-order valence-corrected chi connectivity index (χ3v) is 6.11. The molecule has 2 aromatic carbocycles. The Morgan fingerprint density at radius 1 is 1.00 bits per heavy atom. The lowest BCUT2D eigenvalue weighted by atomic mass is 9.72. The second kappa shape index (κ2) is 10.1. The highest BCUT2D eigenvalue weighted by Crippen LogP contribution is 2.36. The minimum atomic E-state index is -1.28. The molecule has 1 aliphatic rings. The molecule has 0 bridgehead atoms. The molecule has 0 saturated heterocycles. The summed E-state index contributed by atoms with van der Waals surface area (Å²) in [5.74, 6) is 0.0892. The second-order valence-corrected chi connectivity index (χ2v) is 8.60. The molecule has 3 rings (SSSR count). The Labute approximate surface area is 178 Å². The van der Waals surface area contributed by atoms with Crippen LogP contribution in [0.3, 0.4) is 0 Å². The van der Waals surface area contributed by atoms with E-state index < -0.39 is 12.8 Å². The smallest absolute Gasteiger partial charge is 0.427 e. The van der Waals surface area contributed by atoms with Gasteiger partial charge >= 0.3 is 7.12 Å². The molecule has 0 radical (unpaired) electrons. The SMILES string of the molecule is NC(O)(CCCCB(O)O)C1CC(NCc2ccc(-c3ccc(Cl)cc3)cc2)C1. The summed E-state index contributed by atoms with van der Waals surface area (Å²) in [5, 5.41) is 32.5. The first-order valence-electron chi connectivity index (χ1n) is 10.3. The Balaban J connectivity index is 1.39. The lowest BCUT2D eigenvalue weighted by Gasteiger charge is -2.44. The fourth-order valence-electron chi connectivity index (χ4n) is 3.85. The van der Waals surface area contributed by atoms with Crippen LogP contribution in [0.2, 0.25) is 11.3 Å². The third kappa shape index (κ3) is 6.54. The predicted octanol–water partition coefficient (Wildman–Crippen LogP) is 3.17. The fourth-order valence-corrected chi connectivity index (χ4v) is 3.98. The van der Waals surface area contributed by atoms with E-state index in [1.165, 1.54) is 5.56 Å². The summed E-state index contributed by atoms with van der Waals surface area (Å²) in [6.45, 7) is 0.787. The van der Waals surface area contributed by atoms with E-state index in [-0.39, 0.29) is 5.92 Å². The number of hydrogen-bond donors (Lipinski definition) is 5. The minimum Gasteiger partial charge on any atom is -0.427 e. The van der Waals surface area contributed by atoms with E-state index in [0.29, 0.717) is 31.6 Å². The van der Waals surface area contributed by atoms with E-state index in [1.54, 1.807) is 0 Å². The Kier molecular flexibility index (Phi) is 7.74. The van der Waals surface area contributed by atoms with Gasteiger partial charge in [-0.1, -0.05) is 54.4 Å². The van der Waals surface area contributed by atoms with E-state index in [1.807, 2.05) is 24.3 Å². The average Bonchev–Trinajstić information content (AvgIpc) is 2.65. The first-order valence-corrected chi connectivity index (χ1v) is 10.7. The molecule has 156 valence electrons. The van der Waals surface area contributed by atoms with Crippen LogP contribution in [0.4, 0.5) is 0 Å². The maximum Gasteiger partial charge on any atom is 0.451 e. The van der Waals surface area contributed by atoms with Gasteiger partial charge in [-0.2, -0.15) is 0 Å². The van der Waals surface area contributed by atoms with Crippen molar-refractivity contribution < 1.29 is 15.2 Å². The summed E-state index contributed by atoms with van der Waals surface area (Å²) in [6, 6.07) is 16.7. The molecule has 2 aromatic rings. The number of halogens is 1. The summed E-state index contributed by atoms with van der Waals surface area (Å²) in [6.07, 6.45) is 3.87. The van der Waals surface area contributed by atoms with Crippen LogP contribution in [-0.2, 0) is 6.54 Å². The monoisotopic (exact) mass is 416 g/mol. The van der Waals surface area contributed by atoms with Gasteiger partial charge in [0.15, 0.2) is 0 Å². The predicted molar refractivity (Wildman–Crippen MR) is 118 cm³/mol. The Morgan fingerprint density at radius 3 is 2.17 bits per heavy atom. The summed E-state index contributed by atoms with van der Waals surface area (Å²) >= 11 is 5.95. The topological polar surface area (TPSA) is 98.7 Å². The first-order chi connectivity index (χ1) is 13.8. The zero-order valence-electron chi connectivity index (χ0n) is 16.6. The third-order valence-electron chi connectivity index (χ3n) is 5.86. The van der Waals surface area contributed by atoms with Crippen molar-refractivity contribution in [3.8, 4) is 11.1 Å². The van der Waals surface area contributed by atoms with Crippen LogP contribution in [0.15, 0.2) is 48.5 Å². The number of rotatable bonds is 10. The summed E-state index contributed by atoms with van der Waals surface area (Å²) < 4.78 is 0. The molecule has 29 heavy (non-hydrogen) atoms. The van der Waals surface area contributed by atoms with Crippen molar-refractivity contribution in [1.29, 1.82) is 0 Å². The zero-order valence-corrected chi connectivity index (χ0v) is 17.4. The van der Waals surface area contributed by atoms with Crippen molar-refractivity contribution >= 4 is 18.7 Å². The van der Waals surface area contributed by atoms with Crippen LogP contribution in [0.1, 0.15) is 37.7 Å². The van der Waals surface area contributed by atoms with E-state index in [0.717, 1.165) is 35.5 Å². The highest BCUT2D eigenvalue weighted by atomic mass is 35.5. The number of aliphatic hydroxyl groups is 1. The van der Waals surface area contributed by atoms with Gasteiger partial charge in [0.05, 0.1) is 0 Å². The van der Waals surface area contributed by atoms with Gasteiger partial charge in [0.1, 0.15) is 5.72 Å². The molecular weight excluding hydrogens is 387 g/mol. The van der Waals surface area contributed by atoms with E-state index in [4.69, 9.17) is 27.4 Å². The van der Waals surface area contributed by atoms with Gasteiger partial charge in [0.2, 0.25) is 0 Å². The van der Waals surface area contributed by atoms with Gasteiger partial charge in [-0.05, 0) is 60.8 Å². The molecule has 0 heterocycles. The summed E-state index contributed by atoms with van der Waals surface area (Å²) in [4.78, 5) is 0. The lowest BCUT2D eigenvalue weighted by molar-refractivity contribution is -0.0647. The molecule has 1 saturated carbocycles. The average molecular weight is 417 g/mol. The van der Waals surface area contributed by atoms with Crippen LogP contribution in [0.25, 0.3) is 11.1 Å². The van der Waals surface area contributed by atoms with Crippen molar-refractivity contribution in [2.45, 2.75) is 56.7 Å².